The molecule has 4 nitrogen and oxygen atoms in total. The fourth-order valence-electron chi connectivity index (χ4n) is 1.84. The lowest BCUT2D eigenvalue weighted by atomic mass is 10.1. The fourth-order valence-corrected chi connectivity index (χ4v) is 2.32. The van der Waals surface area contributed by atoms with Gasteiger partial charge in [-0.2, -0.15) is 0 Å². The highest BCUT2D eigenvalue weighted by Gasteiger charge is 2.18. The van der Waals surface area contributed by atoms with Crippen LogP contribution in [0, 0.1) is 12.7 Å². The number of nitrogens with two attached hydrogens (primary N) is 1. The second kappa shape index (κ2) is 5.50. The Labute approximate surface area is 123 Å². The van der Waals surface area contributed by atoms with Crippen molar-refractivity contribution in [3.63, 3.8) is 0 Å². The molecule has 0 aliphatic rings. The number of carboxylic acids is 1. The third kappa shape index (κ3) is 2.75. The van der Waals surface area contributed by atoms with Crippen LogP contribution < -0.4 is 11.1 Å². The zero-order valence-electron chi connectivity index (χ0n) is 10.6. The van der Waals surface area contributed by atoms with E-state index in [2.05, 4.69) is 21.2 Å². The topological polar surface area (TPSA) is 75.3 Å². The number of hydrogen-bond acceptors (Lipinski definition) is 3. The normalized spacial score (nSPS) is 10.3. The van der Waals surface area contributed by atoms with Gasteiger partial charge in [-0.25, -0.2) is 9.18 Å². The van der Waals surface area contributed by atoms with Crippen molar-refractivity contribution in [3.05, 3.63) is 51.7 Å². The van der Waals surface area contributed by atoms with Gasteiger partial charge in [0.2, 0.25) is 0 Å². The van der Waals surface area contributed by atoms with Crippen molar-refractivity contribution >= 4 is 39.0 Å². The van der Waals surface area contributed by atoms with Crippen LogP contribution in [0.1, 0.15) is 15.9 Å². The number of rotatable bonds is 3. The standard InChI is InChI=1S/C14H12BrFN2O2/c1-7-6-8(15)2-4-10(7)18-11-5-3-9(16)13(17)12(11)14(19)20/h2-6,18H,17H2,1H3,(H,19,20). The summed E-state index contributed by atoms with van der Waals surface area (Å²) in [6.45, 7) is 1.88. The van der Waals surface area contributed by atoms with Crippen molar-refractivity contribution in [1.29, 1.82) is 0 Å². The summed E-state index contributed by atoms with van der Waals surface area (Å²) >= 11 is 3.35. The van der Waals surface area contributed by atoms with Crippen LogP contribution in [0.15, 0.2) is 34.8 Å². The molecule has 0 amide bonds. The van der Waals surface area contributed by atoms with E-state index in [0.717, 1.165) is 21.8 Å². The largest absolute Gasteiger partial charge is 0.478 e. The van der Waals surface area contributed by atoms with Crippen LogP contribution in [0.3, 0.4) is 0 Å². The minimum Gasteiger partial charge on any atom is -0.478 e. The van der Waals surface area contributed by atoms with Crippen molar-refractivity contribution in [2.45, 2.75) is 6.92 Å². The number of aryl methyl sites for hydroxylation is 1. The summed E-state index contributed by atoms with van der Waals surface area (Å²) in [6, 6.07) is 8.00. The van der Waals surface area contributed by atoms with Gasteiger partial charge in [0.15, 0.2) is 0 Å². The molecule has 20 heavy (non-hydrogen) atoms. The van der Waals surface area contributed by atoms with Crippen LogP contribution in [0.2, 0.25) is 0 Å². The predicted molar refractivity (Wildman–Crippen MR) is 79.9 cm³/mol. The van der Waals surface area contributed by atoms with E-state index in [-0.39, 0.29) is 16.9 Å². The average molecular weight is 339 g/mol. The third-order valence-corrected chi connectivity index (χ3v) is 3.36. The van der Waals surface area contributed by atoms with E-state index in [4.69, 9.17) is 10.8 Å². The van der Waals surface area contributed by atoms with E-state index in [1.165, 1.54) is 6.07 Å². The summed E-state index contributed by atoms with van der Waals surface area (Å²) in [5.74, 6) is -2.03. The lowest BCUT2D eigenvalue weighted by Gasteiger charge is -2.14. The molecule has 0 saturated carbocycles. The zero-order valence-corrected chi connectivity index (χ0v) is 12.2. The second-order valence-corrected chi connectivity index (χ2v) is 5.19. The van der Waals surface area contributed by atoms with Crippen molar-refractivity contribution < 1.29 is 14.3 Å². The molecule has 0 bridgehead atoms. The average Bonchev–Trinajstić information content (AvgIpc) is 2.36. The van der Waals surface area contributed by atoms with Gasteiger partial charge in [-0.1, -0.05) is 15.9 Å². The molecule has 0 aliphatic heterocycles. The molecule has 4 N–H and O–H groups in total. The lowest BCUT2D eigenvalue weighted by Crippen LogP contribution is -2.09. The molecule has 2 aromatic carbocycles. The third-order valence-electron chi connectivity index (χ3n) is 2.86. The maximum atomic E-state index is 13.4. The lowest BCUT2D eigenvalue weighted by molar-refractivity contribution is 0.0698. The number of benzene rings is 2. The van der Waals surface area contributed by atoms with Crippen LogP contribution >= 0.6 is 15.9 Å². The summed E-state index contributed by atoms with van der Waals surface area (Å²) < 4.78 is 14.3. The molecule has 0 unspecified atom stereocenters. The number of anilines is 3. The summed E-state index contributed by atoms with van der Waals surface area (Å²) in [6.07, 6.45) is 0. The van der Waals surface area contributed by atoms with Crippen molar-refractivity contribution in [3.8, 4) is 0 Å². The maximum Gasteiger partial charge on any atom is 0.340 e. The van der Waals surface area contributed by atoms with Gasteiger partial charge in [0.1, 0.15) is 11.4 Å². The smallest absolute Gasteiger partial charge is 0.340 e. The first-order valence-corrected chi connectivity index (χ1v) is 6.54. The Morgan fingerprint density at radius 3 is 2.55 bits per heavy atom. The highest BCUT2D eigenvalue weighted by atomic mass is 79.9. The van der Waals surface area contributed by atoms with Crippen LogP contribution in [0.25, 0.3) is 0 Å². The zero-order chi connectivity index (χ0) is 14.9. The number of nitrogens with one attached hydrogen (secondary N) is 1. The minimum atomic E-state index is -1.28. The molecular weight excluding hydrogens is 327 g/mol. The van der Waals surface area contributed by atoms with Gasteiger partial charge in [-0.15, -0.1) is 0 Å². The van der Waals surface area contributed by atoms with Crippen LogP contribution in [-0.4, -0.2) is 11.1 Å². The van der Waals surface area contributed by atoms with Gasteiger partial charge in [-0.3, -0.25) is 0 Å². The van der Waals surface area contributed by atoms with Crippen molar-refractivity contribution in [1.82, 2.24) is 0 Å². The summed E-state index contributed by atoms with van der Waals surface area (Å²) in [5, 5.41) is 12.1. The quantitative estimate of drug-likeness (QED) is 0.741. The molecule has 0 spiro atoms. The number of aromatic carboxylic acids is 1. The molecular formula is C14H12BrFN2O2. The van der Waals surface area contributed by atoms with Crippen LogP contribution in [-0.2, 0) is 0 Å². The Morgan fingerprint density at radius 2 is 1.95 bits per heavy atom. The molecule has 0 radical (unpaired) electrons. The Balaban J connectivity index is 2.48. The number of hydrogen-bond donors (Lipinski definition) is 3. The van der Waals surface area contributed by atoms with Gasteiger partial charge in [0, 0.05) is 10.2 Å². The highest BCUT2D eigenvalue weighted by molar-refractivity contribution is 9.10. The van der Waals surface area contributed by atoms with E-state index < -0.39 is 11.8 Å². The summed E-state index contributed by atoms with van der Waals surface area (Å²) in [5.41, 5.74) is 6.74. The van der Waals surface area contributed by atoms with Gasteiger partial charge in [0.25, 0.3) is 0 Å². The van der Waals surface area contributed by atoms with Crippen molar-refractivity contribution in [2.24, 2.45) is 0 Å². The number of carboxylic acid groups (broad SMARTS) is 1. The Hall–Kier alpha value is -2.08. The molecule has 6 heteroatoms. The van der Waals surface area contributed by atoms with E-state index in [1.54, 1.807) is 6.07 Å². The van der Waals surface area contributed by atoms with Gasteiger partial charge < -0.3 is 16.2 Å². The predicted octanol–water partition coefficient (Wildman–Crippen LogP) is 3.92. The number of nitrogen functional groups attached to an aromatic ring is 1. The number of halogens is 2. The molecule has 0 aliphatic carbocycles. The first kappa shape index (κ1) is 14.3. The van der Waals surface area contributed by atoms with Crippen molar-refractivity contribution in [2.75, 3.05) is 11.1 Å². The van der Waals surface area contributed by atoms with E-state index in [9.17, 15) is 9.18 Å². The summed E-state index contributed by atoms with van der Waals surface area (Å²) in [4.78, 5) is 11.2. The molecule has 0 atom stereocenters. The molecule has 0 heterocycles. The highest BCUT2D eigenvalue weighted by Crippen LogP contribution is 2.30. The number of carbonyl (C=O) groups is 1. The van der Waals surface area contributed by atoms with E-state index in [0.29, 0.717) is 0 Å². The Bertz CT molecular complexity index is 689. The molecule has 0 fully saturated rings. The minimum absolute atomic E-state index is 0.252. The first-order chi connectivity index (χ1) is 9.40. The van der Waals surface area contributed by atoms with E-state index >= 15 is 0 Å². The van der Waals surface area contributed by atoms with Crippen LogP contribution in [0.4, 0.5) is 21.5 Å². The van der Waals surface area contributed by atoms with E-state index in [1.807, 2.05) is 19.1 Å². The molecule has 2 aromatic rings. The maximum absolute atomic E-state index is 13.4. The van der Waals surface area contributed by atoms with Crippen LogP contribution in [0.5, 0.6) is 0 Å². The second-order valence-electron chi connectivity index (χ2n) is 4.27. The molecule has 0 saturated heterocycles. The molecule has 104 valence electrons. The SMILES string of the molecule is Cc1cc(Br)ccc1Nc1ccc(F)c(N)c1C(=O)O. The molecule has 0 aromatic heterocycles. The Morgan fingerprint density at radius 1 is 1.30 bits per heavy atom. The first-order valence-electron chi connectivity index (χ1n) is 5.74. The molecule has 2 rings (SSSR count). The Kier molecular flexibility index (Phi) is 3.94. The summed E-state index contributed by atoms with van der Waals surface area (Å²) in [7, 11) is 0. The van der Waals surface area contributed by atoms with Gasteiger partial charge in [0.05, 0.1) is 11.4 Å². The fraction of sp³-hybridized carbons (Fsp3) is 0.0714. The van der Waals surface area contributed by atoms with Gasteiger partial charge in [-0.05, 0) is 42.8 Å². The monoisotopic (exact) mass is 338 g/mol. The van der Waals surface area contributed by atoms with Gasteiger partial charge >= 0.3 is 5.97 Å².